The maximum atomic E-state index is 6.10. The Labute approximate surface area is 93.3 Å². The molecule has 0 fully saturated rings. The lowest BCUT2D eigenvalue weighted by molar-refractivity contribution is 0.427. The third-order valence-corrected chi connectivity index (χ3v) is 3.87. The van der Waals surface area contributed by atoms with Gasteiger partial charge in [-0.1, -0.05) is 17.4 Å². The maximum absolute atomic E-state index is 6.10. The highest BCUT2D eigenvalue weighted by Crippen LogP contribution is 2.35. The van der Waals surface area contributed by atoms with Gasteiger partial charge in [0.15, 0.2) is 5.06 Å². The Bertz CT molecular complexity index is 343. The van der Waals surface area contributed by atoms with Gasteiger partial charge in [0.25, 0.3) is 0 Å². The fraction of sp³-hybridized carbons (Fsp3) is 0.455. The predicted octanol–water partition coefficient (Wildman–Crippen LogP) is 3.93. The highest BCUT2D eigenvalue weighted by atomic mass is 35.5. The van der Waals surface area contributed by atoms with Crippen LogP contribution in [0.4, 0.5) is 0 Å². The molecule has 1 aromatic heterocycles. The van der Waals surface area contributed by atoms with Gasteiger partial charge in [0.1, 0.15) is 0 Å². The van der Waals surface area contributed by atoms with Crippen LogP contribution < -0.4 is 4.74 Å². The van der Waals surface area contributed by atoms with Gasteiger partial charge >= 0.3 is 0 Å². The summed E-state index contributed by atoms with van der Waals surface area (Å²) in [6.45, 7) is 0. The molecule has 0 saturated carbocycles. The Morgan fingerprint density at radius 2 is 2.36 bits per heavy atom. The lowest BCUT2D eigenvalue weighted by Gasteiger charge is -2.14. The second-order valence-electron chi connectivity index (χ2n) is 3.42. The Kier molecular flexibility index (Phi) is 3.14. The summed E-state index contributed by atoms with van der Waals surface area (Å²) in [5.74, 6) is 0. The van der Waals surface area contributed by atoms with Crippen LogP contribution in [0.5, 0.6) is 5.06 Å². The van der Waals surface area contributed by atoms with Crippen molar-refractivity contribution in [1.82, 2.24) is 0 Å². The van der Waals surface area contributed by atoms with Crippen molar-refractivity contribution in [3.8, 4) is 5.06 Å². The molecule has 0 N–H and O–H groups in total. The Morgan fingerprint density at radius 3 is 3.00 bits per heavy atom. The first kappa shape index (κ1) is 10.1. The van der Waals surface area contributed by atoms with Crippen LogP contribution in [0, 0.1) is 0 Å². The van der Waals surface area contributed by atoms with E-state index in [0.29, 0.717) is 0 Å². The van der Waals surface area contributed by atoms with Gasteiger partial charge in [0, 0.05) is 4.88 Å². The van der Waals surface area contributed by atoms with Crippen LogP contribution in [0.15, 0.2) is 18.2 Å². The molecule has 3 heteroatoms. The predicted molar refractivity (Wildman–Crippen MR) is 62.3 cm³/mol. The zero-order chi connectivity index (χ0) is 9.97. The van der Waals surface area contributed by atoms with Crippen LogP contribution in [0.2, 0.25) is 0 Å². The number of alkyl halides is 1. The van der Waals surface area contributed by atoms with Crippen molar-refractivity contribution >= 4 is 28.5 Å². The van der Waals surface area contributed by atoms with E-state index in [1.165, 1.54) is 16.9 Å². The lowest BCUT2D eigenvalue weighted by Crippen LogP contribution is -2.01. The zero-order valence-electron chi connectivity index (χ0n) is 8.13. The number of rotatable bonds is 2. The molecule has 1 nitrogen and oxygen atoms in total. The first-order chi connectivity index (χ1) is 6.79. The van der Waals surface area contributed by atoms with E-state index in [0.717, 1.165) is 17.9 Å². The maximum Gasteiger partial charge on any atom is 0.173 e. The molecule has 1 aromatic rings. The van der Waals surface area contributed by atoms with E-state index in [1.54, 1.807) is 18.4 Å². The molecule has 0 aliphatic heterocycles. The number of methoxy groups -OCH3 is 1. The molecule has 1 atom stereocenters. The van der Waals surface area contributed by atoms with E-state index in [1.807, 2.05) is 6.07 Å². The molecule has 1 unspecified atom stereocenters. The van der Waals surface area contributed by atoms with Crippen molar-refractivity contribution in [3.05, 3.63) is 23.1 Å². The standard InChI is InChI=1S/C11H13ClOS/c1-13-11-6-5-10(14-11)8-3-2-4-9(12)7-8/h5-7,9H,2-4H2,1H3. The minimum Gasteiger partial charge on any atom is -0.487 e. The average molecular weight is 229 g/mol. The lowest BCUT2D eigenvalue weighted by atomic mass is 9.98. The van der Waals surface area contributed by atoms with Gasteiger partial charge < -0.3 is 4.74 Å². The van der Waals surface area contributed by atoms with Gasteiger partial charge in [-0.15, -0.1) is 11.6 Å². The first-order valence-electron chi connectivity index (χ1n) is 4.78. The molecule has 0 spiro atoms. The van der Waals surface area contributed by atoms with E-state index in [4.69, 9.17) is 16.3 Å². The minimum absolute atomic E-state index is 0.215. The number of ether oxygens (including phenoxy) is 1. The van der Waals surface area contributed by atoms with Gasteiger partial charge in [0.2, 0.25) is 0 Å². The first-order valence-corrected chi connectivity index (χ1v) is 6.04. The third kappa shape index (κ3) is 2.12. The fourth-order valence-corrected chi connectivity index (χ4v) is 2.86. The molecule has 14 heavy (non-hydrogen) atoms. The van der Waals surface area contributed by atoms with Crippen LogP contribution in [0.3, 0.4) is 0 Å². The van der Waals surface area contributed by atoms with Crippen molar-refractivity contribution in [3.63, 3.8) is 0 Å². The van der Waals surface area contributed by atoms with Gasteiger partial charge in [-0.05, 0) is 37.0 Å². The molecule has 0 amide bonds. The van der Waals surface area contributed by atoms with E-state index >= 15 is 0 Å². The average Bonchev–Trinajstić information content (AvgIpc) is 2.66. The summed E-state index contributed by atoms with van der Waals surface area (Å²) < 4.78 is 5.17. The molecule has 1 aliphatic rings. The molecule has 0 radical (unpaired) electrons. The molecule has 1 heterocycles. The monoisotopic (exact) mass is 228 g/mol. The van der Waals surface area contributed by atoms with Crippen molar-refractivity contribution in [2.45, 2.75) is 24.6 Å². The van der Waals surface area contributed by atoms with Crippen LogP contribution in [0.25, 0.3) is 5.57 Å². The Hall–Kier alpha value is -0.470. The topological polar surface area (TPSA) is 9.23 Å². The summed E-state index contributed by atoms with van der Waals surface area (Å²) in [6, 6.07) is 4.13. The van der Waals surface area contributed by atoms with Gasteiger partial charge in [-0.25, -0.2) is 0 Å². The zero-order valence-corrected chi connectivity index (χ0v) is 9.70. The smallest absolute Gasteiger partial charge is 0.173 e. The summed E-state index contributed by atoms with van der Waals surface area (Å²) in [5.41, 5.74) is 1.38. The molecule has 76 valence electrons. The number of thiophene rings is 1. The second-order valence-corrected chi connectivity index (χ2v) is 5.03. The van der Waals surface area contributed by atoms with Crippen molar-refractivity contribution in [2.75, 3.05) is 7.11 Å². The minimum atomic E-state index is 0.215. The summed E-state index contributed by atoms with van der Waals surface area (Å²) in [7, 11) is 1.70. The van der Waals surface area contributed by atoms with Crippen molar-refractivity contribution in [1.29, 1.82) is 0 Å². The van der Waals surface area contributed by atoms with E-state index in [-0.39, 0.29) is 5.38 Å². The quantitative estimate of drug-likeness (QED) is 0.697. The van der Waals surface area contributed by atoms with E-state index < -0.39 is 0 Å². The largest absolute Gasteiger partial charge is 0.487 e. The van der Waals surface area contributed by atoms with Crippen molar-refractivity contribution in [2.24, 2.45) is 0 Å². The van der Waals surface area contributed by atoms with Crippen LogP contribution in [-0.4, -0.2) is 12.5 Å². The number of halogens is 1. The molecular weight excluding hydrogens is 216 g/mol. The fourth-order valence-electron chi connectivity index (χ4n) is 1.68. The molecule has 0 aromatic carbocycles. The highest BCUT2D eigenvalue weighted by molar-refractivity contribution is 7.14. The molecule has 1 aliphatic carbocycles. The molecular formula is C11H13ClOS. The SMILES string of the molecule is COc1ccc(C2=CC(Cl)CCC2)s1. The summed E-state index contributed by atoms with van der Waals surface area (Å²) in [4.78, 5) is 1.30. The molecule has 2 rings (SSSR count). The summed E-state index contributed by atoms with van der Waals surface area (Å²) in [5, 5.41) is 1.18. The van der Waals surface area contributed by atoms with Gasteiger partial charge in [0.05, 0.1) is 12.5 Å². The summed E-state index contributed by atoms with van der Waals surface area (Å²) >= 11 is 7.79. The van der Waals surface area contributed by atoms with Crippen LogP contribution in [-0.2, 0) is 0 Å². The molecule has 0 bridgehead atoms. The summed E-state index contributed by atoms with van der Waals surface area (Å²) in [6.07, 6.45) is 5.62. The van der Waals surface area contributed by atoms with Gasteiger partial charge in [-0.3, -0.25) is 0 Å². The van der Waals surface area contributed by atoms with Crippen molar-refractivity contribution < 1.29 is 4.74 Å². The molecule has 0 saturated heterocycles. The number of hydrogen-bond donors (Lipinski definition) is 0. The van der Waals surface area contributed by atoms with Crippen LogP contribution in [0.1, 0.15) is 24.1 Å². The van der Waals surface area contributed by atoms with Gasteiger partial charge in [-0.2, -0.15) is 0 Å². The van der Waals surface area contributed by atoms with Crippen LogP contribution >= 0.6 is 22.9 Å². The third-order valence-electron chi connectivity index (χ3n) is 2.41. The highest BCUT2D eigenvalue weighted by Gasteiger charge is 2.13. The normalized spacial score (nSPS) is 21.9. The Balaban J connectivity index is 2.21. The van der Waals surface area contributed by atoms with E-state index in [9.17, 15) is 0 Å². The Morgan fingerprint density at radius 1 is 1.50 bits per heavy atom. The second kappa shape index (κ2) is 4.37. The van der Waals surface area contributed by atoms with E-state index in [2.05, 4.69) is 12.1 Å². The number of hydrogen-bond acceptors (Lipinski definition) is 2. The number of allylic oxidation sites excluding steroid dienone is 2.